The molecule has 0 amide bonds. The zero-order valence-electron chi connectivity index (χ0n) is 17.6. The number of nitrogens with two attached hydrogens (primary N) is 1. The van der Waals surface area contributed by atoms with Gasteiger partial charge in [0.2, 0.25) is 0 Å². The molecule has 5 heteroatoms. The Kier molecular flexibility index (Phi) is 6.68. The molecule has 1 aliphatic heterocycles. The number of aliphatic imine (C=N–C) groups is 1. The van der Waals surface area contributed by atoms with Crippen LogP contribution in [0.2, 0.25) is 0 Å². The molecule has 1 aliphatic rings. The summed E-state index contributed by atoms with van der Waals surface area (Å²) in [6.45, 7) is 8.57. The average Bonchev–Trinajstić information content (AvgIpc) is 2.71. The van der Waals surface area contributed by atoms with Crippen LogP contribution in [0.5, 0.6) is 0 Å². The Hall–Kier alpha value is -2.40. The maximum atomic E-state index is 6.42. The van der Waals surface area contributed by atoms with Crippen molar-refractivity contribution in [1.82, 2.24) is 10.3 Å². The molecular formula is C23H35N5. The van der Waals surface area contributed by atoms with E-state index in [1.807, 2.05) is 6.08 Å². The molecule has 2 aromatic rings. The van der Waals surface area contributed by atoms with Crippen LogP contribution in [-0.4, -0.2) is 43.4 Å². The van der Waals surface area contributed by atoms with E-state index in [2.05, 4.69) is 60.2 Å². The summed E-state index contributed by atoms with van der Waals surface area (Å²) in [5, 5.41) is 4.86. The normalized spacial score (nSPS) is 17.6. The summed E-state index contributed by atoms with van der Waals surface area (Å²) in [4.78, 5) is 11.4. The van der Waals surface area contributed by atoms with Crippen molar-refractivity contribution in [2.24, 2.45) is 10.7 Å². The highest BCUT2D eigenvalue weighted by atomic mass is 15.2. The third kappa shape index (κ3) is 4.71. The molecule has 0 saturated carbocycles. The minimum Gasteiger partial charge on any atom is -0.398 e. The predicted octanol–water partition coefficient (Wildman–Crippen LogP) is 4.15. The second-order valence-corrected chi connectivity index (χ2v) is 7.82. The molecule has 152 valence electrons. The molecule has 1 unspecified atom stereocenters. The minimum absolute atomic E-state index is 0. The van der Waals surface area contributed by atoms with Crippen LogP contribution in [0.1, 0.15) is 45.7 Å². The third-order valence-electron chi connectivity index (χ3n) is 5.59. The van der Waals surface area contributed by atoms with Gasteiger partial charge in [-0.05, 0) is 57.4 Å². The molecule has 0 aliphatic carbocycles. The fraction of sp³-hybridized carbons (Fsp3) is 0.478. The van der Waals surface area contributed by atoms with Crippen LogP contribution in [0.4, 0.5) is 5.82 Å². The molecule has 1 fully saturated rings. The highest BCUT2D eigenvalue weighted by molar-refractivity contribution is 5.91. The molecule has 0 spiro atoms. The smallest absolute Gasteiger partial charge is 0.138 e. The number of nitrogens with zero attached hydrogens (tertiary/aromatic N) is 3. The Balaban J connectivity index is 0.00000300. The SMILES string of the molecule is CCC(C)NC1CCN(c2nc3ccc(C)cc3cc2/C(N)=C/C=NC)CC1.[HH]. The lowest BCUT2D eigenvalue weighted by Gasteiger charge is -2.35. The molecule has 5 nitrogen and oxygen atoms in total. The Bertz CT molecular complexity index is 869. The minimum atomic E-state index is 0. The Morgan fingerprint density at radius 3 is 2.82 bits per heavy atom. The van der Waals surface area contributed by atoms with Gasteiger partial charge in [0, 0.05) is 56.5 Å². The monoisotopic (exact) mass is 381 g/mol. The number of nitrogens with one attached hydrogen (secondary N) is 1. The van der Waals surface area contributed by atoms with Crippen molar-refractivity contribution in [3.05, 3.63) is 41.5 Å². The second-order valence-electron chi connectivity index (χ2n) is 7.82. The molecular weight excluding hydrogens is 346 g/mol. The van der Waals surface area contributed by atoms with Crippen LogP contribution in [0.25, 0.3) is 16.6 Å². The number of allylic oxidation sites excluding steroid dienone is 1. The van der Waals surface area contributed by atoms with Crippen LogP contribution in [0.15, 0.2) is 35.3 Å². The first-order valence-electron chi connectivity index (χ1n) is 10.3. The van der Waals surface area contributed by atoms with Gasteiger partial charge in [-0.3, -0.25) is 4.99 Å². The van der Waals surface area contributed by atoms with Crippen molar-refractivity contribution in [3.8, 4) is 0 Å². The largest absolute Gasteiger partial charge is 0.398 e. The number of hydrogen-bond acceptors (Lipinski definition) is 5. The molecule has 3 N–H and O–H groups in total. The first-order chi connectivity index (χ1) is 13.5. The van der Waals surface area contributed by atoms with Crippen molar-refractivity contribution in [1.29, 1.82) is 0 Å². The van der Waals surface area contributed by atoms with E-state index in [0.717, 1.165) is 54.6 Å². The van der Waals surface area contributed by atoms with Crippen molar-refractivity contribution >= 4 is 28.6 Å². The van der Waals surface area contributed by atoms with Crippen molar-refractivity contribution in [2.45, 2.75) is 52.1 Å². The molecule has 2 heterocycles. The standard InChI is InChI=1S/C23H33N5.H2/c1-5-17(3)26-19-9-12-28(13-10-19)23-20(21(24)8-11-25-4)15-18-14-16(2)6-7-22(18)27-23;/h6-8,11,14-15,17,19,26H,5,9-10,12-13,24H2,1-4H3;1H/b21-8-,25-11?;. The van der Waals surface area contributed by atoms with Crippen molar-refractivity contribution in [2.75, 3.05) is 25.0 Å². The van der Waals surface area contributed by atoms with Crippen molar-refractivity contribution < 1.29 is 1.43 Å². The van der Waals surface area contributed by atoms with Gasteiger partial charge in [-0.1, -0.05) is 18.6 Å². The molecule has 1 atom stereocenters. The lowest BCUT2D eigenvalue weighted by molar-refractivity contribution is 0.371. The average molecular weight is 382 g/mol. The molecule has 1 aromatic carbocycles. The number of piperidine rings is 1. The number of aromatic nitrogens is 1. The maximum Gasteiger partial charge on any atom is 0.138 e. The number of benzene rings is 1. The molecule has 0 radical (unpaired) electrons. The summed E-state index contributed by atoms with van der Waals surface area (Å²) in [6, 6.07) is 9.70. The molecule has 0 bridgehead atoms. The number of anilines is 1. The van der Waals surface area contributed by atoms with Crippen molar-refractivity contribution in [3.63, 3.8) is 0 Å². The zero-order chi connectivity index (χ0) is 20.1. The van der Waals surface area contributed by atoms with E-state index < -0.39 is 0 Å². The van der Waals surface area contributed by atoms with E-state index >= 15 is 0 Å². The molecule has 28 heavy (non-hydrogen) atoms. The van der Waals surface area contributed by atoms with Gasteiger partial charge in [0.05, 0.1) is 5.52 Å². The van der Waals surface area contributed by atoms with Gasteiger partial charge in [0.1, 0.15) is 5.82 Å². The van der Waals surface area contributed by atoms with E-state index in [1.54, 1.807) is 13.3 Å². The van der Waals surface area contributed by atoms with E-state index in [1.165, 1.54) is 5.56 Å². The second kappa shape index (κ2) is 9.20. The summed E-state index contributed by atoms with van der Waals surface area (Å²) >= 11 is 0. The summed E-state index contributed by atoms with van der Waals surface area (Å²) in [5.74, 6) is 0.983. The lowest BCUT2D eigenvalue weighted by Crippen LogP contribution is -2.45. The first-order valence-corrected chi connectivity index (χ1v) is 10.3. The number of pyridine rings is 1. The van der Waals surface area contributed by atoms with Crippen LogP contribution >= 0.6 is 0 Å². The summed E-state index contributed by atoms with van der Waals surface area (Å²) in [7, 11) is 1.75. The first kappa shape index (κ1) is 20.3. The lowest BCUT2D eigenvalue weighted by atomic mass is 10.0. The zero-order valence-corrected chi connectivity index (χ0v) is 17.6. The molecule has 1 saturated heterocycles. The van der Waals surface area contributed by atoms with Crippen LogP contribution < -0.4 is 16.0 Å². The highest BCUT2D eigenvalue weighted by Crippen LogP contribution is 2.30. The Labute approximate surface area is 170 Å². The van der Waals surface area contributed by atoms with E-state index in [9.17, 15) is 0 Å². The van der Waals surface area contributed by atoms with Gasteiger partial charge in [-0.15, -0.1) is 0 Å². The number of aryl methyl sites for hydroxylation is 1. The summed E-state index contributed by atoms with van der Waals surface area (Å²) in [6.07, 6.45) is 7.01. The van der Waals surface area contributed by atoms with Crippen LogP contribution in [0.3, 0.4) is 0 Å². The van der Waals surface area contributed by atoms with Gasteiger partial charge in [0.15, 0.2) is 0 Å². The summed E-state index contributed by atoms with van der Waals surface area (Å²) in [5.41, 5.74) is 10.4. The van der Waals surface area contributed by atoms with E-state index in [4.69, 9.17) is 10.7 Å². The Morgan fingerprint density at radius 1 is 1.39 bits per heavy atom. The van der Waals surface area contributed by atoms with E-state index in [-0.39, 0.29) is 1.43 Å². The maximum absolute atomic E-state index is 6.42. The number of hydrogen-bond donors (Lipinski definition) is 2. The predicted molar refractivity (Wildman–Crippen MR) is 123 cm³/mol. The highest BCUT2D eigenvalue weighted by Gasteiger charge is 2.23. The Morgan fingerprint density at radius 2 is 2.14 bits per heavy atom. The van der Waals surface area contributed by atoms with E-state index in [0.29, 0.717) is 17.8 Å². The van der Waals surface area contributed by atoms with Gasteiger partial charge in [-0.25, -0.2) is 4.98 Å². The number of fused-ring (bicyclic) bond motifs is 1. The fourth-order valence-corrected chi connectivity index (χ4v) is 3.76. The number of rotatable bonds is 6. The molecule has 3 rings (SSSR count). The third-order valence-corrected chi connectivity index (χ3v) is 5.59. The topological polar surface area (TPSA) is 66.5 Å². The van der Waals surface area contributed by atoms with Gasteiger partial charge >= 0.3 is 0 Å². The fourth-order valence-electron chi connectivity index (χ4n) is 3.76. The van der Waals surface area contributed by atoms with Crippen LogP contribution in [0, 0.1) is 6.92 Å². The van der Waals surface area contributed by atoms with Crippen LogP contribution in [-0.2, 0) is 0 Å². The van der Waals surface area contributed by atoms with Gasteiger partial charge in [0.25, 0.3) is 0 Å². The van der Waals surface area contributed by atoms with Gasteiger partial charge in [-0.2, -0.15) is 0 Å². The summed E-state index contributed by atoms with van der Waals surface area (Å²) < 4.78 is 0. The van der Waals surface area contributed by atoms with Gasteiger partial charge < -0.3 is 16.0 Å². The molecule has 1 aromatic heterocycles. The quantitative estimate of drug-likeness (QED) is 0.738.